The van der Waals surface area contributed by atoms with Crippen LogP contribution in [0.15, 0.2) is 66.9 Å². The maximum absolute atomic E-state index is 13.6. The highest BCUT2D eigenvalue weighted by Gasteiger charge is 2.42. The quantitative estimate of drug-likeness (QED) is 0.381. The minimum atomic E-state index is -1.02. The largest absolute Gasteiger partial charge is 0.508 e. The predicted octanol–water partition coefficient (Wildman–Crippen LogP) is 2.42. The van der Waals surface area contributed by atoms with E-state index in [0.717, 1.165) is 16.8 Å². The molecule has 9 heteroatoms. The molecule has 1 aliphatic heterocycles. The zero-order valence-electron chi connectivity index (χ0n) is 20.7. The van der Waals surface area contributed by atoms with Crippen LogP contribution in [0.1, 0.15) is 45.9 Å². The number of aromatic nitrogens is 1. The van der Waals surface area contributed by atoms with Crippen molar-refractivity contribution < 1.29 is 29.4 Å². The van der Waals surface area contributed by atoms with Gasteiger partial charge < -0.3 is 25.4 Å². The summed E-state index contributed by atoms with van der Waals surface area (Å²) in [5.74, 6) is -3.44. The van der Waals surface area contributed by atoms with Gasteiger partial charge in [0.05, 0.1) is 11.8 Å². The molecule has 4 atom stereocenters. The van der Waals surface area contributed by atoms with Crippen LogP contribution in [0.4, 0.5) is 0 Å². The van der Waals surface area contributed by atoms with Gasteiger partial charge in [0.2, 0.25) is 5.91 Å². The minimum Gasteiger partial charge on any atom is -0.508 e. The smallest absolute Gasteiger partial charge is 0.308 e. The molecular weight excluding hydrogens is 486 g/mol. The zero-order chi connectivity index (χ0) is 26.8. The Morgan fingerprint density at radius 1 is 1.03 bits per heavy atom. The first kappa shape index (κ1) is 25.3. The Hall–Kier alpha value is -4.40. The van der Waals surface area contributed by atoms with Crippen molar-refractivity contribution in [3.63, 3.8) is 0 Å². The molecule has 38 heavy (non-hydrogen) atoms. The summed E-state index contributed by atoms with van der Waals surface area (Å²) in [6, 6.07) is 15.4. The highest BCUT2D eigenvalue weighted by molar-refractivity contribution is 5.98. The van der Waals surface area contributed by atoms with E-state index in [1.165, 1.54) is 12.1 Å². The number of carboxylic acids is 1. The van der Waals surface area contributed by atoms with Gasteiger partial charge in [-0.1, -0.05) is 30.3 Å². The van der Waals surface area contributed by atoms with Gasteiger partial charge >= 0.3 is 5.97 Å². The van der Waals surface area contributed by atoms with Gasteiger partial charge in [-0.2, -0.15) is 0 Å². The molecule has 5 rings (SSSR count). The number of carbonyl (C=O) groups excluding carboxylic acids is 3. The number of carboxylic acid groups (broad SMARTS) is 1. The van der Waals surface area contributed by atoms with Gasteiger partial charge in [-0.15, -0.1) is 0 Å². The molecule has 0 saturated carbocycles. The predicted molar refractivity (Wildman–Crippen MR) is 138 cm³/mol. The lowest BCUT2D eigenvalue weighted by Gasteiger charge is -2.33. The van der Waals surface area contributed by atoms with Crippen LogP contribution >= 0.6 is 0 Å². The number of nitrogens with one attached hydrogen (secondary N) is 2. The second-order valence-electron chi connectivity index (χ2n) is 9.98. The van der Waals surface area contributed by atoms with Crippen molar-refractivity contribution in [3.8, 4) is 5.75 Å². The molecule has 0 bridgehead atoms. The molecule has 196 valence electrons. The summed E-state index contributed by atoms with van der Waals surface area (Å²) in [7, 11) is 0. The number of Topliss-reactive ketones (excluding diaryl/α,β-unsaturated/α-hetero) is 1. The lowest BCUT2D eigenvalue weighted by molar-refractivity contribution is -0.144. The molecule has 0 spiro atoms. The highest BCUT2D eigenvalue weighted by atomic mass is 16.4. The number of hydrogen-bond donors (Lipinski definition) is 4. The van der Waals surface area contributed by atoms with Crippen molar-refractivity contribution in [2.45, 2.75) is 50.2 Å². The number of phenolic OH excluding ortho intramolecular Hbond substituents is 1. The molecule has 2 aromatic carbocycles. The maximum Gasteiger partial charge on any atom is 0.308 e. The Kier molecular flexibility index (Phi) is 7.00. The first-order valence-corrected chi connectivity index (χ1v) is 12.7. The monoisotopic (exact) mass is 515 g/mol. The van der Waals surface area contributed by atoms with E-state index < -0.39 is 41.7 Å². The minimum absolute atomic E-state index is 0.0932. The molecule has 3 aromatic rings. The van der Waals surface area contributed by atoms with E-state index >= 15 is 0 Å². The average Bonchev–Trinajstić information content (AvgIpc) is 3.24. The van der Waals surface area contributed by atoms with Crippen LogP contribution in [0.25, 0.3) is 0 Å². The van der Waals surface area contributed by atoms with Crippen LogP contribution < -0.4 is 10.6 Å². The fourth-order valence-corrected chi connectivity index (χ4v) is 5.51. The summed E-state index contributed by atoms with van der Waals surface area (Å²) < 4.78 is 1.84. The number of aryl methyl sites for hydroxylation is 1. The molecule has 2 unspecified atom stereocenters. The van der Waals surface area contributed by atoms with Crippen molar-refractivity contribution in [3.05, 3.63) is 89.2 Å². The van der Waals surface area contributed by atoms with E-state index in [1.54, 1.807) is 42.5 Å². The Labute approximate surface area is 219 Å². The average molecular weight is 516 g/mol. The van der Waals surface area contributed by atoms with Crippen molar-refractivity contribution >= 4 is 23.6 Å². The van der Waals surface area contributed by atoms with Crippen molar-refractivity contribution in [1.29, 1.82) is 0 Å². The Bertz CT molecular complexity index is 1360. The van der Waals surface area contributed by atoms with Gasteiger partial charge in [0.15, 0.2) is 0 Å². The molecular formula is C29H29N3O6. The molecule has 1 aliphatic carbocycles. The molecule has 9 nitrogen and oxygen atoms in total. The maximum atomic E-state index is 13.6. The first-order chi connectivity index (χ1) is 18.3. The van der Waals surface area contributed by atoms with Crippen molar-refractivity contribution in [1.82, 2.24) is 15.2 Å². The van der Waals surface area contributed by atoms with E-state index in [-0.39, 0.29) is 30.9 Å². The van der Waals surface area contributed by atoms with E-state index in [0.29, 0.717) is 18.4 Å². The summed E-state index contributed by atoms with van der Waals surface area (Å²) in [4.78, 5) is 51.7. The molecule has 2 amide bonds. The number of benzene rings is 2. The SMILES string of the molecule is O=C(NC(Cc1ccc(O)cc1)C(=O)N[C@H]1CCc2ccn3c2C1C(=O)C[C@H](C(=O)O)C3)c1ccccc1. The number of carbonyl (C=O) groups is 4. The highest BCUT2D eigenvalue weighted by Crippen LogP contribution is 2.38. The van der Waals surface area contributed by atoms with Gasteiger partial charge in [0.25, 0.3) is 5.91 Å². The Morgan fingerprint density at radius 2 is 1.76 bits per heavy atom. The third-order valence-corrected chi connectivity index (χ3v) is 7.44. The van der Waals surface area contributed by atoms with E-state index in [2.05, 4.69) is 10.6 Å². The zero-order valence-corrected chi connectivity index (χ0v) is 20.7. The fraction of sp³-hybridized carbons (Fsp3) is 0.310. The van der Waals surface area contributed by atoms with Crippen LogP contribution in [-0.2, 0) is 33.8 Å². The number of nitrogens with zero attached hydrogens (tertiary/aromatic N) is 1. The second-order valence-corrected chi connectivity index (χ2v) is 9.98. The number of aromatic hydroxyl groups is 1. The van der Waals surface area contributed by atoms with Crippen LogP contribution in [-0.4, -0.2) is 50.4 Å². The first-order valence-electron chi connectivity index (χ1n) is 12.7. The van der Waals surface area contributed by atoms with E-state index in [1.807, 2.05) is 16.8 Å². The van der Waals surface area contributed by atoms with Crippen molar-refractivity contribution in [2.24, 2.45) is 5.92 Å². The third-order valence-electron chi connectivity index (χ3n) is 7.44. The van der Waals surface area contributed by atoms with Crippen LogP contribution in [0.3, 0.4) is 0 Å². The van der Waals surface area contributed by atoms with Gasteiger partial charge in [0, 0.05) is 42.9 Å². The summed E-state index contributed by atoms with van der Waals surface area (Å²) in [5.41, 5.74) is 2.93. The summed E-state index contributed by atoms with van der Waals surface area (Å²) in [6.07, 6.45) is 3.07. The van der Waals surface area contributed by atoms with Crippen LogP contribution in [0.2, 0.25) is 0 Å². The molecule has 2 heterocycles. The van der Waals surface area contributed by atoms with E-state index in [4.69, 9.17) is 0 Å². The molecule has 2 aliphatic rings. The van der Waals surface area contributed by atoms with Gasteiger partial charge in [0.1, 0.15) is 17.6 Å². The number of phenols is 1. The molecule has 0 fully saturated rings. The summed E-state index contributed by atoms with van der Waals surface area (Å²) >= 11 is 0. The summed E-state index contributed by atoms with van der Waals surface area (Å²) in [6.45, 7) is 0.212. The lowest BCUT2D eigenvalue weighted by Crippen LogP contribution is -2.53. The normalized spacial score (nSPS) is 21.1. The molecule has 4 N–H and O–H groups in total. The number of hydrogen-bond acceptors (Lipinski definition) is 5. The third kappa shape index (κ3) is 5.18. The molecule has 0 radical (unpaired) electrons. The van der Waals surface area contributed by atoms with Crippen LogP contribution in [0, 0.1) is 5.92 Å². The second kappa shape index (κ2) is 10.5. The van der Waals surface area contributed by atoms with Gasteiger partial charge in [-0.05, 0) is 54.3 Å². The fourth-order valence-electron chi connectivity index (χ4n) is 5.51. The van der Waals surface area contributed by atoms with Gasteiger partial charge in [-0.25, -0.2) is 0 Å². The Morgan fingerprint density at radius 3 is 2.47 bits per heavy atom. The van der Waals surface area contributed by atoms with Gasteiger partial charge in [-0.3, -0.25) is 19.2 Å². The number of aliphatic carboxylic acids is 1. The van der Waals surface area contributed by atoms with Crippen LogP contribution in [0.5, 0.6) is 5.75 Å². The Balaban J connectivity index is 1.40. The standard InChI is InChI=1S/C29H29N3O6/c33-21-9-6-17(7-10-21)14-23(31-27(35)19-4-2-1-3-5-19)28(36)30-22-11-8-18-12-13-32-16-20(29(37)38)15-24(34)25(22)26(18)32/h1-7,9-10,12-13,20,22-23,25,33H,8,11,14-16H2,(H,30,36)(H,31,35)(H,37,38)/t20-,22-,23?,25?/m0/s1. The number of ketones is 1. The number of amides is 2. The molecule has 0 saturated heterocycles. The van der Waals surface area contributed by atoms with Crippen molar-refractivity contribution in [2.75, 3.05) is 0 Å². The summed E-state index contributed by atoms with van der Waals surface area (Å²) in [5, 5.41) is 25.1. The topological polar surface area (TPSA) is 138 Å². The lowest BCUT2D eigenvalue weighted by atomic mass is 9.79. The molecule has 1 aromatic heterocycles. The van der Waals surface area contributed by atoms with E-state index in [9.17, 15) is 29.4 Å². The number of rotatable bonds is 7.